The highest BCUT2D eigenvalue weighted by molar-refractivity contribution is 7.92. The van der Waals surface area contributed by atoms with Crippen molar-refractivity contribution in [1.82, 2.24) is 9.97 Å². The van der Waals surface area contributed by atoms with Gasteiger partial charge in [0.2, 0.25) is 0 Å². The summed E-state index contributed by atoms with van der Waals surface area (Å²) in [6.45, 7) is 0. The van der Waals surface area contributed by atoms with Crippen LogP contribution in [-0.2, 0) is 16.2 Å². The van der Waals surface area contributed by atoms with Gasteiger partial charge in [0.1, 0.15) is 10.7 Å². The highest BCUT2D eigenvalue weighted by Gasteiger charge is 2.31. The van der Waals surface area contributed by atoms with Crippen molar-refractivity contribution in [2.24, 2.45) is 0 Å². The molecule has 0 aliphatic carbocycles. The normalized spacial score (nSPS) is 12.1. The molecule has 0 amide bonds. The molecular formula is C16H12F3N3O2S. The molecule has 0 bridgehead atoms. The van der Waals surface area contributed by atoms with Crippen LogP contribution in [0.2, 0.25) is 0 Å². The molecule has 5 nitrogen and oxygen atoms in total. The number of aromatic amines is 1. The van der Waals surface area contributed by atoms with Gasteiger partial charge in [-0.25, -0.2) is 13.4 Å². The van der Waals surface area contributed by atoms with Gasteiger partial charge in [-0.05, 0) is 23.8 Å². The lowest BCUT2D eigenvalue weighted by Crippen LogP contribution is -2.14. The fourth-order valence-corrected chi connectivity index (χ4v) is 3.17. The Bertz CT molecular complexity index is 983. The standard InChI is InChI=1S/C16H12F3N3O2S/c17-16(18,19)12-6-7-20-15(8-12)22-25(23,24)13-9-14(21-10-13)11-4-2-1-3-5-11/h1-10,21H,(H,20,22). The molecule has 0 fully saturated rings. The van der Waals surface area contributed by atoms with Gasteiger partial charge in [-0.15, -0.1) is 0 Å². The van der Waals surface area contributed by atoms with Gasteiger partial charge < -0.3 is 4.98 Å². The average Bonchev–Trinajstić information content (AvgIpc) is 3.06. The van der Waals surface area contributed by atoms with Gasteiger partial charge in [0.05, 0.1) is 5.56 Å². The summed E-state index contributed by atoms with van der Waals surface area (Å²) in [6.07, 6.45) is -2.43. The summed E-state index contributed by atoms with van der Waals surface area (Å²) >= 11 is 0. The van der Waals surface area contributed by atoms with Gasteiger partial charge in [-0.2, -0.15) is 13.2 Å². The molecule has 0 aliphatic rings. The van der Waals surface area contributed by atoms with Gasteiger partial charge in [0.15, 0.2) is 0 Å². The second-order valence-corrected chi connectivity index (χ2v) is 6.83. The third-order valence-corrected chi connectivity index (χ3v) is 4.71. The number of sulfonamides is 1. The second-order valence-electron chi connectivity index (χ2n) is 5.15. The number of anilines is 1. The van der Waals surface area contributed by atoms with Crippen LogP contribution in [0.3, 0.4) is 0 Å². The van der Waals surface area contributed by atoms with E-state index in [2.05, 4.69) is 14.7 Å². The highest BCUT2D eigenvalue weighted by Crippen LogP contribution is 2.30. The van der Waals surface area contributed by atoms with Crippen molar-refractivity contribution in [3.8, 4) is 11.3 Å². The number of benzene rings is 1. The molecule has 130 valence electrons. The monoisotopic (exact) mass is 367 g/mol. The lowest BCUT2D eigenvalue weighted by molar-refractivity contribution is -0.137. The largest absolute Gasteiger partial charge is 0.416 e. The van der Waals surface area contributed by atoms with Crippen LogP contribution in [-0.4, -0.2) is 18.4 Å². The van der Waals surface area contributed by atoms with Crippen LogP contribution >= 0.6 is 0 Å². The number of hydrogen-bond donors (Lipinski definition) is 2. The smallest absolute Gasteiger partial charge is 0.360 e. The molecule has 0 saturated carbocycles. The third-order valence-electron chi connectivity index (χ3n) is 3.38. The molecular weight excluding hydrogens is 355 g/mol. The topological polar surface area (TPSA) is 74.8 Å². The van der Waals surface area contributed by atoms with Crippen LogP contribution in [0.1, 0.15) is 5.56 Å². The molecule has 2 N–H and O–H groups in total. The summed E-state index contributed by atoms with van der Waals surface area (Å²) in [4.78, 5) is 6.35. The van der Waals surface area contributed by atoms with E-state index in [1.54, 1.807) is 24.3 Å². The molecule has 2 aromatic heterocycles. The van der Waals surface area contributed by atoms with Gasteiger partial charge in [-0.1, -0.05) is 30.3 Å². The van der Waals surface area contributed by atoms with E-state index in [-0.39, 0.29) is 4.90 Å². The lowest BCUT2D eigenvalue weighted by atomic mass is 10.2. The van der Waals surface area contributed by atoms with Crippen molar-refractivity contribution in [2.45, 2.75) is 11.1 Å². The third kappa shape index (κ3) is 3.82. The van der Waals surface area contributed by atoms with Gasteiger partial charge in [0.25, 0.3) is 10.0 Å². The zero-order chi connectivity index (χ0) is 18.1. The van der Waals surface area contributed by atoms with E-state index >= 15 is 0 Å². The Morgan fingerprint density at radius 2 is 1.76 bits per heavy atom. The number of hydrogen-bond acceptors (Lipinski definition) is 3. The molecule has 3 rings (SSSR count). The Balaban J connectivity index is 1.87. The number of nitrogens with one attached hydrogen (secondary N) is 2. The maximum absolute atomic E-state index is 12.7. The average molecular weight is 367 g/mol. The molecule has 0 unspecified atom stereocenters. The number of aromatic nitrogens is 2. The van der Waals surface area contributed by atoms with Crippen molar-refractivity contribution < 1.29 is 21.6 Å². The predicted molar refractivity (Wildman–Crippen MR) is 86.3 cm³/mol. The summed E-state index contributed by atoms with van der Waals surface area (Å²) < 4.78 is 64.9. The highest BCUT2D eigenvalue weighted by atomic mass is 32.2. The molecule has 3 aromatic rings. The first-order valence-corrected chi connectivity index (χ1v) is 8.54. The van der Waals surface area contributed by atoms with E-state index in [1.807, 2.05) is 6.07 Å². The first-order chi connectivity index (χ1) is 11.8. The van der Waals surface area contributed by atoms with E-state index in [9.17, 15) is 21.6 Å². The molecule has 1 aromatic carbocycles. The van der Waals surface area contributed by atoms with E-state index in [1.165, 1.54) is 12.3 Å². The Morgan fingerprint density at radius 3 is 2.44 bits per heavy atom. The fraction of sp³-hybridized carbons (Fsp3) is 0.0625. The summed E-state index contributed by atoms with van der Waals surface area (Å²) in [5, 5.41) is 0. The first-order valence-electron chi connectivity index (χ1n) is 7.06. The van der Waals surface area contributed by atoms with Crippen LogP contribution in [0, 0.1) is 0 Å². The van der Waals surface area contributed by atoms with Crippen molar-refractivity contribution in [3.63, 3.8) is 0 Å². The Kier molecular flexibility index (Phi) is 4.25. The molecule has 9 heteroatoms. The summed E-state index contributed by atoms with van der Waals surface area (Å²) in [7, 11) is -4.07. The number of H-pyrrole nitrogens is 1. The van der Waals surface area contributed by atoms with Crippen molar-refractivity contribution in [3.05, 3.63) is 66.5 Å². The van der Waals surface area contributed by atoms with Crippen molar-refractivity contribution in [2.75, 3.05) is 4.72 Å². The van der Waals surface area contributed by atoms with Gasteiger partial charge in [0, 0.05) is 18.1 Å². The van der Waals surface area contributed by atoms with E-state index in [4.69, 9.17) is 0 Å². The number of rotatable bonds is 4. The van der Waals surface area contributed by atoms with Gasteiger partial charge >= 0.3 is 6.18 Å². The maximum atomic E-state index is 12.7. The van der Waals surface area contributed by atoms with E-state index in [0.717, 1.165) is 17.8 Å². The van der Waals surface area contributed by atoms with Gasteiger partial charge in [-0.3, -0.25) is 4.72 Å². The summed E-state index contributed by atoms with van der Waals surface area (Å²) in [5.41, 5.74) is 0.360. The predicted octanol–water partition coefficient (Wildman–Crippen LogP) is 3.90. The molecule has 0 spiro atoms. The molecule has 2 heterocycles. The number of nitrogens with zero attached hydrogens (tertiary/aromatic N) is 1. The summed E-state index contributed by atoms with van der Waals surface area (Å²) in [5.74, 6) is -0.405. The SMILES string of the molecule is O=S(=O)(Nc1cc(C(F)(F)F)ccn1)c1c[nH]c(-c2ccccc2)c1. The molecule has 0 radical (unpaired) electrons. The minimum atomic E-state index is -4.59. The minimum Gasteiger partial charge on any atom is -0.360 e. The van der Waals surface area contributed by atoms with E-state index < -0.39 is 27.6 Å². The zero-order valence-corrected chi connectivity index (χ0v) is 13.4. The van der Waals surface area contributed by atoms with Crippen molar-refractivity contribution >= 4 is 15.8 Å². The number of pyridine rings is 1. The first kappa shape index (κ1) is 17.0. The van der Waals surface area contributed by atoms with Crippen LogP contribution in [0.25, 0.3) is 11.3 Å². The van der Waals surface area contributed by atoms with Crippen LogP contribution in [0.4, 0.5) is 19.0 Å². The molecule has 0 atom stereocenters. The molecule has 0 aliphatic heterocycles. The molecule has 25 heavy (non-hydrogen) atoms. The van der Waals surface area contributed by atoms with Crippen LogP contribution in [0.15, 0.2) is 65.8 Å². The Morgan fingerprint density at radius 1 is 1.04 bits per heavy atom. The maximum Gasteiger partial charge on any atom is 0.416 e. The van der Waals surface area contributed by atoms with Crippen LogP contribution in [0.5, 0.6) is 0 Å². The Hall–Kier alpha value is -2.81. The number of alkyl halides is 3. The summed E-state index contributed by atoms with van der Waals surface area (Å²) in [6, 6.07) is 11.8. The van der Waals surface area contributed by atoms with Crippen molar-refractivity contribution in [1.29, 1.82) is 0 Å². The van der Waals surface area contributed by atoms with E-state index in [0.29, 0.717) is 11.8 Å². The fourth-order valence-electron chi connectivity index (χ4n) is 2.17. The minimum absolute atomic E-state index is 0.106. The van der Waals surface area contributed by atoms with Crippen LogP contribution < -0.4 is 4.72 Å². The zero-order valence-electron chi connectivity index (χ0n) is 12.6. The molecule has 0 saturated heterocycles. The number of halogens is 3. The Labute approximate surface area is 141 Å². The quantitative estimate of drug-likeness (QED) is 0.734. The lowest BCUT2D eigenvalue weighted by Gasteiger charge is -2.09. The second kappa shape index (κ2) is 6.25.